The molecule has 3 rings (SSSR count). The fourth-order valence-electron chi connectivity index (χ4n) is 3.30. The van der Waals surface area contributed by atoms with E-state index in [4.69, 9.17) is 17.0 Å². The summed E-state index contributed by atoms with van der Waals surface area (Å²) in [5.74, 6) is 0.113. The zero-order valence-corrected chi connectivity index (χ0v) is 19.7. The van der Waals surface area contributed by atoms with Gasteiger partial charge in [-0.3, -0.25) is 25.8 Å². The van der Waals surface area contributed by atoms with E-state index in [0.29, 0.717) is 5.75 Å². The number of fused-ring (bicyclic) bond motifs is 1. The van der Waals surface area contributed by atoms with E-state index in [2.05, 4.69) is 30.0 Å². The molecular weight excluding hydrogens is 434 g/mol. The van der Waals surface area contributed by atoms with Gasteiger partial charge in [0.15, 0.2) is 11.7 Å². The average Bonchev–Trinajstić information content (AvgIpc) is 2.79. The van der Waals surface area contributed by atoms with Gasteiger partial charge >= 0.3 is 0 Å². The van der Waals surface area contributed by atoms with Crippen molar-refractivity contribution in [2.24, 2.45) is 0 Å². The molecule has 0 fully saturated rings. The minimum atomic E-state index is -0.422. The fourth-order valence-corrected chi connectivity index (χ4v) is 3.45. The molecule has 3 N–H and O–H groups in total. The molecule has 7 heteroatoms. The second-order valence-corrected chi connectivity index (χ2v) is 8.29. The van der Waals surface area contributed by atoms with E-state index in [0.717, 1.165) is 27.5 Å². The van der Waals surface area contributed by atoms with Gasteiger partial charge in [0, 0.05) is 6.08 Å². The number of benzene rings is 3. The zero-order valence-electron chi connectivity index (χ0n) is 18.8. The summed E-state index contributed by atoms with van der Waals surface area (Å²) in [4.78, 5) is 24.3. The Morgan fingerprint density at radius 3 is 2.58 bits per heavy atom. The smallest absolute Gasteiger partial charge is 0.276 e. The van der Waals surface area contributed by atoms with Gasteiger partial charge in [0.05, 0.1) is 0 Å². The molecule has 0 atom stereocenters. The normalized spacial score (nSPS) is 10.9. The number of thiocarbonyl (C=S) groups is 1. The molecule has 0 saturated carbocycles. The van der Waals surface area contributed by atoms with E-state index >= 15 is 0 Å². The van der Waals surface area contributed by atoms with Crippen LogP contribution in [0, 0.1) is 6.92 Å². The summed E-state index contributed by atoms with van der Waals surface area (Å²) in [7, 11) is 0. The highest BCUT2D eigenvalue weighted by Gasteiger charge is 2.11. The molecule has 3 aromatic rings. The van der Waals surface area contributed by atoms with Crippen molar-refractivity contribution in [1.29, 1.82) is 0 Å². The Bertz CT molecular complexity index is 1200. The largest absolute Gasteiger partial charge is 0.483 e. The van der Waals surface area contributed by atoms with E-state index in [-0.39, 0.29) is 17.6 Å². The Morgan fingerprint density at radius 2 is 1.79 bits per heavy atom. The molecule has 0 aliphatic rings. The van der Waals surface area contributed by atoms with Crippen LogP contribution in [-0.2, 0) is 9.59 Å². The lowest BCUT2D eigenvalue weighted by Crippen LogP contribution is -2.49. The highest BCUT2D eigenvalue weighted by Crippen LogP contribution is 2.27. The zero-order chi connectivity index (χ0) is 23.8. The van der Waals surface area contributed by atoms with Gasteiger partial charge in [-0.15, -0.1) is 0 Å². The van der Waals surface area contributed by atoms with E-state index in [1.54, 1.807) is 6.08 Å². The number of ether oxygens (including phenoxy) is 1. The van der Waals surface area contributed by atoms with E-state index in [9.17, 15) is 9.59 Å². The van der Waals surface area contributed by atoms with E-state index in [1.165, 1.54) is 6.08 Å². The summed E-state index contributed by atoms with van der Waals surface area (Å²) >= 11 is 5.07. The van der Waals surface area contributed by atoms with Crippen molar-refractivity contribution in [3.8, 4) is 5.75 Å². The minimum absolute atomic E-state index is 0.0191. The molecular formula is C26H27N3O3S. The molecule has 0 radical (unpaired) electrons. The third-order valence-corrected chi connectivity index (χ3v) is 5.14. The van der Waals surface area contributed by atoms with Gasteiger partial charge in [0.1, 0.15) is 5.75 Å². The van der Waals surface area contributed by atoms with Crippen molar-refractivity contribution < 1.29 is 14.3 Å². The Kier molecular flexibility index (Phi) is 8.16. The molecule has 3 aromatic carbocycles. The molecule has 0 heterocycles. The topological polar surface area (TPSA) is 79.5 Å². The van der Waals surface area contributed by atoms with Crippen LogP contribution in [0.3, 0.4) is 0 Å². The molecule has 0 unspecified atom stereocenters. The van der Waals surface area contributed by atoms with Crippen molar-refractivity contribution in [2.75, 3.05) is 6.61 Å². The first-order chi connectivity index (χ1) is 15.8. The SMILES string of the molecule is Cc1ccc(C(C)C)c(OCC(=O)NNC(=S)NC(=O)C=Cc2cccc3ccccc23)c1. The van der Waals surface area contributed by atoms with Gasteiger partial charge in [-0.1, -0.05) is 68.4 Å². The molecule has 33 heavy (non-hydrogen) atoms. The highest BCUT2D eigenvalue weighted by atomic mass is 32.1. The van der Waals surface area contributed by atoms with Crippen LogP contribution in [0.2, 0.25) is 0 Å². The number of nitrogens with one attached hydrogen (secondary N) is 3. The van der Waals surface area contributed by atoms with Crippen molar-refractivity contribution in [3.63, 3.8) is 0 Å². The number of hydrogen-bond donors (Lipinski definition) is 3. The summed E-state index contributed by atoms with van der Waals surface area (Å²) in [6.07, 6.45) is 3.12. The molecule has 6 nitrogen and oxygen atoms in total. The predicted octanol–water partition coefficient (Wildman–Crippen LogP) is 4.39. The van der Waals surface area contributed by atoms with E-state index < -0.39 is 11.8 Å². The first kappa shape index (κ1) is 23.9. The second-order valence-electron chi connectivity index (χ2n) is 7.88. The van der Waals surface area contributed by atoms with Crippen molar-refractivity contribution >= 4 is 46.0 Å². The summed E-state index contributed by atoms with van der Waals surface area (Å²) in [5.41, 5.74) is 7.94. The third kappa shape index (κ3) is 6.89. The molecule has 0 aliphatic heterocycles. The van der Waals surface area contributed by atoms with Crippen LogP contribution in [0.4, 0.5) is 0 Å². The molecule has 0 saturated heterocycles. The second kappa shape index (κ2) is 11.2. The molecule has 0 aromatic heterocycles. The van der Waals surface area contributed by atoms with E-state index in [1.807, 2.05) is 67.6 Å². The van der Waals surface area contributed by atoms with Crippen LogP contribution in [0.25, 0.3) is 16.8 Å². The van der Waals surface area contributed by atoms with Gasteiger partial charge in [-0.05, 0) is 64.7 Å². The van der Waals surface area contributed by atoms with Crippen LogP contribution in [0.1, 0.15) is 36.5 Å². The molecule has 170 valence electrons. The van der Waals surface area contributed by atoms with Gasteiger partial charge in [-0.25, -0.2) is 0 Å². The van der Waals surface area contributed by atoms with Crippen LogP contribution < -0.4 is 20.9 Å². The van der Waals surface area contributed by atoms with Crippen LogP contribution in [0.5, 0.6) is 5.75 Å². The number of carbonyl (C=O) groups is 2. The third-order valence-electron chi connectivity index (χ3n) is 4.94. The number of rotatable bonds is 6. The molecule has 0 bridgehead atoms. The van der Waals surface area contributed by atoms with Crippen molar-refractivity contribution in [1.82, 2.24) is 16.2 Å². The van der Waals surface area contributed by atoms with Gasteiger partial charge < -0.3 is 4.74 Å². The lowest BCUT2D eigenvalue weighted by molar-refractivity contribution is -0.123. The van der Waals surface area contributed by atoms with Gasteiger partial charge in [0.25, 0.3) is 5.91 Å². The number of carbonyl (C=O) groups excluding carboxylic acids is 2. The van der Waals surface area contributed by atoms with Crippen LogP contribution >= 0.6 is 12.2 Å². The summed E-state index contributed by atoms with van der Waals surface area (Å²) in [5, 5.41) is 4.62. The predicted molar refractivity (Wildman–Crippen MR) is 136 cm³/mol. The fraction of sp³-hybridized carbons (Fsp3) is 0.192. The molecule has 2 amide bonds. The maximum atomic E-state index is 12.2. The Labute approximate surface area is 199 Å². The minimum Gasteiger partial charge on any atom is -0.483 e. The number of amides is 2. The lowest BCUT2D eigenvalue weighted by Gasteiger charge is -2.15. The maximum absolute atomic E-state index is 12.2. The van der Waals surface area contributed by atoms with Crippen LogP contribution in [0.15, 0.2) is 66.7 Å². The highest BCUT2D eigenvalue weighted by molar-refractivity contribution is 7.80. The average molecular weight is 462 g/mol. The first-order valence-corrected chi connectivity index (χ1v) is 11.0. The number of hydrogen-bond acceptors (Lipinski definition) is 4. The monoisotopic (exact) mass is 461 g/mol. The quantitative estimate of drug-likeness (QED) is 0.288. The summed E-state index contributed by atoms with van der Waals surface area (Å²) in [6, 6.07) is 19.7. The Balaban J connectivity index is 1.47. The number of aryl methyl sites for hydroxylation is 1. The summed E-state index contributed by atoms with van der Waals surface area (Å²) in [6.45, 7) is 5.91. The lowest BCUT2D eigenvalue weighted by atomic mass is 10.0. The molecule has 0 aliphatic carbocycles. The Morgan fingerprint density at radius 1 is 1.03 bits per heavy atom. The standard InChI is InChI=1S/C26H27N3O3S/c1-17(2)21-13-11-18(3)15-23(21)32-16-25(31)28-29-26(33)27-24(30)14-12-20-9-6-8-19-7-4-5-10-22(19)20/h4-15,17H,16H2,1-3H3,(H,28,31)(H2,27,29,30,33). The summed E-state index contributed by atoms with van der Waals surface area (Å²) < 4.78 is 5.68. The number of hydrazine groups is 1. The van der Waals surface area contributed by atoms with Crippen LogP contribution in [-0.4, -0.2) is 23.5 Å². The van der Waals surface area contributed by atoms with Gasteiger partial charge in [-0.2, -0.15) is 0 Å². The van der Waals surface area contributed by atoms with Crippen molar-refractivity contribution in [2.45, 2.75) is 26.7 Å². The molecule has 0 spiro atoms. The Hall–Kier alpha value is -3.71. The van der Waals surface area contributed by atoms with Gasteiger partial charge in [0.2, 0.25) is 5.91 Å². The first-order valence-electron chi connectivity index (χ1n) is 10.6. The van der Waals surface area contributed by atoms with Crippen molar-refractivity contribution in [3.05, 3.63) is 83.4 Å². The maximum Gasteiger partial charge on any atom is 0.276 e.